The predicted molar refractivity (Wildman–Crippen MR) is 79.6 cm³/mol. The maximum atomic E-state index is 4.60. The Kier molecular flexibility index (Phi) is 4.75. The van der Waals surface area contributed by atoms with E-state index in [0.29, 0.717) is 12.0 Å². The molecular weight excluding hydrogens is 236 g/mol. The molecule has 1 atom stereocenters. The van der Waals surface area contributed by atoms with E-state index in [0.717, 1.165) is 37.0 Å². The van der Waals surface area contributed by atoms with Crippen molar-refractivity contribution in [3.63, 3.8) is 0 Å². The van der Waals surface area contributed by atoms with Crippen LogP contribution in [-0.2, 0) is 0 Å². The van der Waals surface area contributed by atoms with Gasteiger partial charge in [-0.3, -0.25) is 0 Å². The van der Waals surface area contributed by atoms with E-state index in [1.165, 1.54) is 12.8 Å². The normalized spacial score (nSPS) is 19.4. The first-order valence-corrected chi connectivity index (χ1v) is 7.36. The van der Waals surface area contributed by atoms with Crippen LogP contribution >= 0.6 is 0 Å². The average Bonchev–Trinajstić information content (AvgIpc) is 2.75. The zero-order valence-electron chi connectivity index (χ0n) is 12.6. The highest BCUT2D eigenvalue weighted by Gasteiger charge is 2.25. The summed E-state index contributed by atoms with van der Waals surface area (Å²) in [4.78, 5) is 11.4. The molecule has 0 radical (unpaired) electrons. The Labute approximate surface area is 116 Å². The molecule has 1 aromatic rings. The molecule has 1 aliphatic rings. The minimum Gasteiger partial charge on any atom is -0.352 e. The van der Waals surface area contributed by atoms with Crippen molar-refractivity contribution in [1.82, 2.24) is 15.3 Å². The number of nitrogens with one attached hydrogen (secondary N) is 1. The van der Waals surface area contributed by atoms with E-state index in [4.69, 9.17) is 0 Å². The summed E-state index contributed by atoms with van der Waals surface area (Å²) in [6, 6.07) is 2.68. The molecule has 2 rings (SSSR count). The molecule has 19 heavy (non-hydrogen) atoms. The SMILES string of the molecule is Cc1cc(N2CCCC2CNCC(C)C)nc(C)n1. The Morgan fingerprint density at radius 1 is 1.37 bits per heavy atom. The van der Waals surface area contributed by atoms with Crippen LogP contribution in [-0.4, -0.2) is 35.6 Å². The van der Waals surface area contributed by atoms with E-state index < -0.39 is 0 Å². The number of aromatic nitrogens is 2. The quantitative estimate of drug-likeness (QED) is 0.884. The van der Waals surface area contributed by atoms with Crippen molar-refractivity contribution in [3.8, 4) is 0 Å². The number of hydrogen-bond acceptors (Lipinski definition) is 4. The number of rotatable bonds is 5. The van der Waals surface area contributed by atoms with Crippen molar-refractivity contribution in [1.29, 1.82) is 0 Å². The number of hydrogen-bond donors (Lipinski definition) is 1. The van der Waals surface area contributed by atoms with Gasteiger partial charge in [-0.05, 0) is 39.2 Å². The summed E-state index contributed by atoms with van der Waals surface area (Å²) in [5, 5.41) is 3.57. The molecule has 1 N–H and O–H groups in total. The second-order valence-corrected chi connectivity index (χ2v) is 5.96. The highest BCUT2D eigenvalue weighted by atomic mass is 15.2. The van der Waals surface area contributed by atoms with E-state index >= 15 is 0 Å². The topological polar surface area (TPSA) is 41.0 Å². The van der Waals surface area contributed by atoms with Gasteiger partial charge in [0.2, 0.25) is 0 Å². The van der Waals surface area contributed by atoms with Crippen molar-refractivity contribution in [2.24, 2.45) is 5.92 Å². The van der Waals surface area contributed by atoms with Crippen molar-refractivity contribution < 1.29 is 0 Å². The maximum Gasteiger partial charge on any atom is 0.132 e. The van der Waals surface area contributed by atoms with Gasteiger partial charge in [0.05, 0.1) is 0 Å². The highest BCUT2D eigenvalue weighted by molar-refractivity contribution is 5.42. The molecule has 2 heterocycles. The standard InChI is InChI=1S/C15H26N4/c1-11(2)9-16-10-14-6-5-7-19(14)15-8-12(3)17-13(4)18-15/h8,11,14,16H,5-7,9-10H2,1-4H3. The van der Waals surface area contributed by atoms with Crippen LogP contribution in [0, 0.1) is 19.8 Å². The molecule has 1 fully saturated rings. The summed E-state index contributed by atoms with van der Waals surface area (Å²) in [6.45, 7) is 11.8. The molecule has 1 unspecified atom stereocenters. The Morgan fingerprint density at radius 3 is 2.84 bits per heavy atom. The Hall–Kier alpha value is -1.16. The van der Waals surface area contributed by atoms with Gasteiger partial charge in [0, 0.05) is 30.9 Å². The molecule has 0 amide bonds. The molecule has 0 spiro atoms. The molecule has 0 aliphatic carbocycles. The minimum atomic E-state index is 0.576. The van der Waals surface area contributed by atoms with Crippen LogP contribution in [0.2, 0.25) is 0 Å². The van der Waals surface area contributed by atoms with E-state index in [1.807, 2.05) is 13.8 Å². The van der Waals surface area contributed by atoms with Crippen LogP contribution in [0.25, 0.3) is 0 Å². The number of nitrogens with zero attached hydrogens (tertiary/aromatic N) is 3. The molecular formula is C15H26N4. The maximum absolute atomic E-state index is 4.60. The first kappa shape index (κ1) is 14.3. The van der Waals surface area contributed by atoms with E-state index in [1.54, 1.807) is 0 Å². The number of anilines is 1. The zero-order valence-corrected chi connectivity index (χ0v) is 12.6. The Balaban J connectivity index is 2.01. The van der Waals surface area contributed by atoms with Crippen molar-refractivity contribution >= 4 is 5.82 Å². The van der Waals surface area contributed by atoms with Gasteiger partial charge in [-0.1, -0.05) is 13.8 Å². The van der Waals surface area contributed by atoms with Gasteiger partial charge in [-0.2, -0.15) is 0 Å². The first-order valence-electron chi connectivity index (χ1n) is 7.36. The molecule has 4 nitrogen and oxygen atoms in total. The molecule has 0 aromatic carbocycles. The largest absolute Gasteiger partial charge is 0.352 e. The third-order valence-corrected chi connectivity index (χ3v) is 3.56. The van der Waals surface area contributed by atoms with E-state index in [-0.39, 0.29) is 0 Å². The second kappa shape index (κ2) is 6.33. The van der Waals surface area contributed by atoms with Gasteiger partial charge < -0.3 is 10.2 Å². The fourth-order valence-corrected chi connectivity index (χ4v) is 2.73. The van der Waals surface area contributed by atoms with Gasteiger partial charge in [0.25, 0.3) is 0 Å². The number of aryl methyl sites for hydroxylation is 2. The molecule has 1 aliphatic heterocycles. The van der Waals surface area contributed by atoms with Crippen LogP contribution in [0.15, 0.2) is 6.07 Å². The van der Waals surface area contributed by atoms with Gasteiger partial charge in [-0.15, -0.1) is 0 Å². The highest BCUT2D eigenvalue weighted by Crippen LogP contribution is 2.24. The van der Waals surface area contributed by atoms with E-state index in [9.17, 15) is 0 Å². The third kappa shape index (κ3) is 3.90. The lowest BCUT2D eigenvalue weighted by atomic mass is 10.2. The van der Waals surface area contributed by atoms with Crippen LogP contribution in [0.4, 0.5) is 5.82 Å². The molecule has 0 bridgehead atoms. The zero-order chi connectivity index (χ0) is 13.8. The average molecular weight is 262 g/mol. The first-order chi connectivity index (χ1) is 9.06. The Bertz CT molecular complexity index is 396. The summed E-state index contributed by atoms with van der Waals surface area (Å²) in [5.74, 6) is 2.67. The molecule has 0 saturated carbocycles. The predicted octanol–water partition coefficient (Wildman–Crippen LogP) is 2.31. The molecule has 106 valence electrons. The summed E-state index contributed by atoms with van der Waals surface area (Å²) >= 11 is 0. The summed E-state index contributed by atoms with van der Waals surface area (Å²) < 4.78 is 0. The second-order valence-electron chi connectivity index (χ2n) is 5.96. The lowest BCUT2D eigenvalue weighted by Gasteiger charge is -2.26. The van der Waals surface area contributed by atoms with Crippen LogP contribution < -0.4 is 10.2 Å². The lowest BCUT2D eigenvalue weighted by Crippen LogP contribution is -2.39. The smallest absolute Gasteiger partial charge is 0.132 e. The van der Waals surface area contributed by atoms with Crippen molar-refractivity contribution in [2.45, 2.75) is 46.6 Å². The van der Waals surface area contributed by atoms with E-state index in [2.05, 4.69) is 40.1 Å². The lowest BCUT2D eigenvalue weighted by molar-refractivity contribution is 0.511. The van der Waals surface area contributed by atoms with Gasteiger partial charge in [0.1, 0.15) is 11.6 Å². The van der Waals surface area contributed by atoms with Crippen LogP contribution in [0.1, 0.15) is 38.2 Å². The summed E-state index contributed by atoms with van der Waals surface area (Å²) in [6.07, 6.45) is 2.52. The van der Waals surface area contributed by atoms with Crippen molar-refractivity contribution in [3.05, 3.63) is 17.6 Å². The summed E-state index contributed by atoms with van der Waals surface area (Å²) in [7, 11) is 0. The minimum absolute atomic E-state index is 0.576. The van der Waals surface area contributed by atoms with Crippen LogP contribution in [0.5, 0.6) is 0 Å². The van der Waals surface area contributed by atoms with Gasteiger partial charge in [-0.25, -0.2) is 9.97 Å². The monoisotopic (exact) mass is 262 g/mol. The fraction of sp³-hybridized carbons (Fsp3) is 0.733. The summed E-state index contributed by atoms with van der Waals surface area (Å²) in [5.41, 5.74) is 1.06. The van der Waals surface area contributed by atoms with Crippen LogP contribution in [0.3, 0.4) is 0 Å². The van der Waals surface area contributed by atoms with Crippen molar-refractivity contribution in [2.75, 3.05) is 24.5 Å². The fourth-order valence-electron chi connectivity index (χ4n) is 2.73. The molecule has 1 saturated heterocycles. The third-order valence-electron chi connectivity index (χ3n) is 3.56. The molecule has 4 heteroatoms. The van der Waals surface area contributed by atoms with Gasteiger partial charge >= 0.3 is 0 Å². The van der Waals surface area contributed by atoms with Gasteiger partial charge in [0.15, 0.2) is 0 Å². The Morgan fingerprint density at radius 2 is 2.16 bits per heavy atom. The molecule has 1 aromatic heterocycles.